The number of fused-ring (bicyclic) bond motifs is 1. The van der Waals surface area contributed by atoms with Gasteiger partial charge in [-0.05, 0) is 158 Å². The van der Waals surface area contributed by atoms with E-state index in [-0.39, 0.29) is 0 Å². The van der Waals surface area contributed by atoms with Crippen LogP contribution in [-0.2, 0) is 0 Å². The molecule has 0 amide bonds. The fourth-order valence-corrected chi connectivity index (χ4v) is 14.6. The minimum Gasteiger partial charge on any atom is -0.294 e. The zero-order chi connectivity index (χ0) is 35.0. The second-order valence-electron chi connectivity index (χ2n) is 20.5. The summed E-state index contributed by atoms with van der Waals surface area (Å²) >= 11 is 0. The predicted molar refractivity (Wildman–Crippen MR) is 223 cm³/mol. The molecule has 6 atom stereocenters. The van der Waals surface area contributed by atoms with Crippen LogP contribution in [0.1, 0.15) is 218 Å². The van der Waals surface area contributed by atoms with Gasteiger partial charge >= 0.3 is 0 Å². The van der Waals surface area contributed by atoms with Gasteiger partial charge in [0.15, 0.2) is 0 Å². The lowest BCUT2D eigenvalue weighted by molar-refractivity contribution is -0.0866. The third-order valence-corrected chi connectivity index (χ3v) is 17.3. The molecule has 294 valence electrons. The van der Waals surface area contributed by atoms with Crippen LogP contribution in [-0.4, -0.2) is 46.1 Å². The molecule has 8 aliphatic carbocycles. The topological polar surface area (TPSA) is 6.48 Å². The van der Waals surface area contributed by atoms with Gasteiger partial charge in [0.1, 0.15) is 0 Å². The molecular formula is C50H84N2. The maximum atomic E-state index is 3.37. The highest BCUT2D eigenvalue weighted by molar-refractivity contribution is 5.06. The van der Waals surface area contributed by atoms with Crippen molar-refractivity contribution in [2.75, 3.05) is 0 Å². The van der Waals surface area contributed by atoms with Gasteiger partial charge in [-0.1, -0.05) is 121 Å². The summed E-state index contributed by atoms with van der Waals surface area (Å²) < 4.78 is 0. The number of hydrogen-bond acceptors (Lipinski definition) is 2. The predicted octanol–water partition coefficient (Wildman–Crippen LogP) is 14.0. The van der Waals surface area contributed by atoms with E-state index < -0.39 is 0 Å². The van der Waals surface area contributed by atoms with Gasteiger partial charge in [0.25, 0.3) is 0 Å². The Balaban J connectivity index is 0.983. The van der Waals surface area contributed by atoms with Crippen molar-refractivity contribution in [3.63, 3.8) is 0 Å². The van der Waals surface area contributed by atoms with E-state index >= 15 is 0 Å². The van der Waals surface area contributed by atoms with Crippen molar-refractivity contribution in [2.45, 2.75) is 255 Å². The molecule has 0 bridgehead atoms. The molecule has 8 fully saturated rings. The average molecular weight is 713 g/mol. The maximum Gasteiger partial charge on any atom is 0.0133 e. The Labute approximate surface area is 323 Å². The van der Waals surface area contributed by atoms with E-state index in [0.29, 0.717) is 0 Å². The average Bonchev–Trinajstić information content (AvgIpc) is 3.22. The molecule has 0 saturated heterocycles. The maximum absolute atomic E-state index is 3.37. The van der Waals surface area contributed by atoms with E-state index in [1.807, 2.05) is 0 Å². The number of rotatable bonds is 10. The summed E-state index contributed by atoms with van der Waals surface area (Å²) in [5.41, 5.74) is 0. The second-order valence-corrected chi connectivity index (χ2v) is 20.5. The van der Waals surface area contributed by atoms with E-state index in [9.17, 15) is 0 Å². The van der Waals surface area contributed by atoms with Crippen LogP contribution in [0.3, 0.4) is 0 Å². The Kier molecular flexibility index (Phi) is 14.4. The lowest BCUT2D eigenvalue weighted by Crippen LogP contribution is -2.62. The van der Waals surface area contributed by atoms with Gasteiger partial charge in [-0.15, -0.1) is 0 Å². The van der Waals surface area contributed by atoms with Crippen LogP contribution in [0.25, 0.3) is 0 Å². The zero-order valence-corrected chi connectivity index (χ0v) is 34.2. The summed E-state index contributed by atoms with van der Waals surface area (Å²) in [6.07, 6.45) is 61.6. The summed E-state index contributed by atoms with van der Waals surface area (Å²) in [5, 5.41) is 0. The van der Waals surface area contributed by atoms with E-state index in [1.54, 1.807) is 12.8 Å². The van der Waals surface area contributed by atoms with Gasteiger partial charge in [0.2, 0.25) is 0 Å². The Hall–Kier alpha value is -0.600. The second kappa shape index (κ2) is 19.5. The normalized spacial score (nSPS) is 38.7. The zero-order valence-electron chi connectivity index (χ0n) is 34.2. The molecule has 8 aliphatic rings. The van der Waals surface area contributed by atoms with E-state index in [1.165, 1.54) is 205 Å². The number of hydrogen-bond donors (Lipinski definition) is 0. The van der Waals surface area contributed by atoms with Crippen molar-refractivity contribution in [1.82, 2.24) is 9.80 Å². The van der Waals surface area contributed by atoms with Gasteiger partial charge in [0, 0.05) is 36.3 Å². The van der Waals surface area contributed by atoms with Crippen LogP contribution < -0.4 is 0 Å². The molecule has 0 aliphatic heterocycles. The van der Waals surface area contributed by atoms with Gasteiger partial charge in [-0.2, -0.15) is 0 Å². The highest BCUT2D eigenvalue weighted by Crippen LogP contribution is 2.50. The Morgan fingerprint density at radius 1 is 0.250 bits per heavy atom. The van der Waals surface area contributed by atoms with Gasteiger partial charge < -0.3 is 0 Å². The Morgan fingerprint density at radius 2 is 0.596 bits per heavy atom. The largest absolute Gasteiger partial charge is 0.294 e. The smallest absolute Gasteiger partial charge is 0.0133 e. The van der Waals surface area contributed by atoms with Gasteiger partial charge in [-0.3, -0.25) is 9.80 Å². The molecule has 0 aromatic heterocycles. The minimum absolute atomic E-state index is 0.847. The molecule has 0 aromatic carbocycles. The first-order valence-electron chi connectivity index (χ1n) is 24.7. The first-order valence-corrected chi connectivity index (χ1v) is 24.7. The first-order chi connectivity index (χ1) is 25.8. The van der Waals surface area contributed by atoms with E-state index in [2.05, 4.69) is 34.1 Å². The van der Waals surface area contributed by atoms with Gasteiger partial charge in [-0.25, -0.2) is 0 Å². The first kappa shape index (κ1) is 38.3. The van der Waals surface area contributed by atoms with Crippen LogP contribution in [0.4, 0.5) is 0 Å². The summed E-state index contributed by atoms with van der Waals surface area (Å²) in [7, 11) is 0. The summed E-state index contributed by atoms with van der Waals surface area (Å²) in [6, 6.07) is 5.26. The highest BCUT2D eigenvalue weighted by Gasteiger charge is 2.50. The molecule has 2 heteroatoms. The van der Waals surface area contributed by atoms with Crippen molar-refractivity contribution in [2.24, 2.45) is 35.5 Å². The van der Waals surface area contributed by atoms with Gasteiger partial charge in [0.05, 0.1) is 0 Å². The Morgan fingerprint density at radius 3 is 1.10 bits per heavy atom. The van der Waals surface area contributed by atoms with Crippen LogP contribution in [0.5, 0.6) is 0 Å². The van der Waals surface area contributed by atoms with Crippen molar-refractivity contribution in [3.05, 3.63) is 24.3 Å². The molecule has 0 radical (unpaired) electrons. The molecule has 52 heavy (non-hydrogen) atoms. The molecular weight excluding hydrogens is 629 g/mol. The highest BCUT2D eigenvalue weighted by atomic mass is 15.3. The van der Waals surface area contributed by atoms with Crippen molar-refractivity contribution >= 4 is 0 Å². The van der Waals surface area contributed by atoms with Crippen LogP contribution in [0.2, 0.25) is 0 Å². The molecule has 0 aromatic rings. The van der Waals surface area contributed by atoms with E-state index in [0.717, 1.165) is 71.8 Å². The van der Waals surface area contributed by atoms with Crippen molar-refractivity contribution in [1.29, 1.82) is 0 Å². The Bertz CT molecular complexity index is 1080. The van der Waals surface area contributed by atoms with E-state index in [4.69, 9.17) is 0 Å². The van der Waals surface area contributed by atoms with Crippen molar-refractivity contribution in [3.8, 4) is 0 Å². The molecule has 2 nitrogen and oxygen atoms in total. The lowest BCUT2D eigenvalue weighted by atomic mass is 9.63. The molecule has 0 spiro atoms. The summed E-state index contributed by atoms with van der Waals surface area (Å²) in [4.78, 5) is 6.73. The molecule has 8 saturated carbocycles. The fourth-order valence-electron chi connectivity index (χ4n) is 14.6. The lowest BCUT2D eigenvalue weighted by Gasteiger charge is -2.58. The van der Waals surface area contributed by atoms with Crippen LogP contribution >= 0.6 is 0 Å². The standard InChI is InChI=1S/C50H84N2/c1-5-16-39(17-6-1)28-29-41-32-34-45(35-33-41)51(43-21-9-3-10-22-43)49-36-37-50(48-27-14-13-26-47(48)49)52(44-23-11-4-12-24-44)46-25-15-20-42(38-46)31-30-40-18-7-2-8-19-40/h28-31,39-50H,1-27,32-38H2. The molecule has 8 rings (SSSR count). The quantitative estimate of drug-likeness (QED) is 0.208. The third kappa shape index (κ3) is 9.67. The molecule has 0 heterocycles. The SMILES string of the molecule is C(=CC1CCC(N(C2CCCCC2)C2CCC(N(C3CCCCC3)C3CCCC(C=CC4CCCCC4)C3)C3CCCCC32)CC1)C1CCCCC1. The molecule has 0 N–H and O–H groups in total. The minimum atomic E-state index is 0.847. The van der Waals surface area contributed by atoms with Crippen LogP contribution in [0, 0.1) is 35.5 Å². The summed E-state index contributed by atoms with van der Waals surface area (Å²) in [6.45, 7) is 0. The molecule has 6 unspecified atom stereocenters. The number of nitrogens with zero attached hydrogens (tertiary/aromatic N) is 2. The van der Waals surface area contributed by atoms with Crippen molar-refractivity contribution < 1.29 is 0 Å². The monoisotopic (exact) mass is 713 g/mol. The van der Waals surface area contributed by atoms with Crippen LogP contribution in [0.15, 0.2) is 24.3 Å². The summed E-state index contributed by atoms with van der Waals surface area (Å²) in [5.74, 6) is 5.44. The fraction of sp³-hybridized carbons (Fsp3) is 0.920. The number of allylic oxidation sites excluding steroid dienone is 4. The third-order valence-electron chi connectivity index (χ3n) is 17.3.